The zero-order chi connectivity index (χ0) is 7.28. The maximum atomic E-state index is 5.16. The van der Waals surface area contributed by atoms with Crippen LogP contribution in [0, 0.1) is 0 Å². The molecule has 0 radical (unpaired) electrons. The smallest absolute Gasteiger partial charge is 0.211 e. The molecule has 0 unspecified atom stereocenters. The molecule has 0 aliphatic carbocycles. The van der Waals surface area contributed by atoms with Crippen molar-refractivity contribution in [1.29, 1.82) is 0 Å². The van der Waals surface area contributed by atoms with E-state index in [1.165, 1.54) is 0 Å². The second-order valence-electron chi connectivity index (χ2n) is 1.32. The van der Waals surface area contributed by atoms with Gasteiger partial charge in [0.15, 0.2) is 0 Å². The fourth-order valence-corrected chi connectivity index (χ4v) is 0.280. The van der Waals surface area contributed by atoms with E-state index in [-0.39, 0.29) is 5.96 Å². The lowest BCUT2D eigenvalue weighted by molar-refractivity contribution is 0.900. The number of nitrogens with two attached hydrogens (primary N) is 1. The summed E-state index contributed by atoms with van der Waals surface area (Å²) in [6, 6.07) is 0. The van der Waals surface area contributed by atoms with Crippen LogP contribution in [0.4, 0.5) is 0 Å². The average Bonchev–Trinajstić information content (AvgIpc) is 1.87. The number of halogens is 1. The Labute approximate surface area is 58.9 Å². The van der Waals surface area contributed by atoms with Crippen molar-refractivity contribution in [3.05, 3.63) is 12.4 Å². The maximum absolute atomic E-state index is 5.16. The first-order chi connectivity index (χ1) is 4.20. The number of guanidine groups is 1. The Bertz CT molecular complexity index is 131. The predicted octanol–water partition coefficient (Wildman–Crippen LogP) is -0.265. The summed E-state index contributed by atoms with van der Waals surface area (Å²) < 4.78 is 3.13. The van der Waals surface area contributed by atoms with Crippen molar-refractivity contribution in [2.45, 2.75) is 0 Å². The Morgan fingerprint density at radius 2 is 2.33 bits per heavy atom. The van der Waals surface area contributed by atoms with E-state index in [4.69, 9.17) is 17.5 Å². The molecule has 0 heterocycles. The highest BCUT2D eigenvalue weighted by Gasteiger charge is 1.88. The molecule has 0 spiro atoms. The first kappa shape index (κ1) is 8.10. The molecule has 0 aromatic rings. The van der Waals surface area contributed by atoms with Gasteiger partial charge in [-0.25, -0.2) is 0 Å². The van der Waals surface area contributed by atoms with Crippen LogP contribution in [0.2, 0.25) is 0 Å². The molecular formula is C4H9ClN4. The molecule has 0 saturated carbocycles. The van der Waals surface area contributed by atoms with Crippen molar-refractivity contribution in [2.24, 2.45) is 10.2 Å². The van der Waals surface area contributed by atoms with Crippen LogP contribution < -0.4 is 16.4 Å². The molecule has 0 fully saturated rings. The van der Waals surface area contributed by atoms with Crippen LogP contribution in [0.15, 0.2) is 16.9 Å². The van der Waals surface area contributed by atoms with Gasteiger partial charge in [-0.3, -0.25) is 0 Å². The van der Waals surface area contributed by atoms with Gasteiger partial charge in [0.1, 0.15) is 0 Å². The highest BCUT2D eigenvalue weighted by Crippen LogP contribution is 1.75. The van der Waals surface area contributed by atoms with Crippen LogP contribution >= 0.6 is 11.8 Å². The standard InChI is InChI=1S/C4H9ClN4/c1-3(7-2)8-4(6)9-5/h7H,1H2,2H3,(H3,6,8,9). The molecule has 4 N–H and O–H groups in total. The summed E-state index contributed by atoms with van der Waals surface area (Å²) in [5.41, 5.74) is 5.16. The zero-order valence-corrected chi connectivity index (χ0v) is 5.87. The zero-order valence-electron chi connectivity index (χ0n) is 5.11. The van der Waals surface area contributed by atoms with E-state index in [9.17, 15) is 0 Å². The van der Waals surface area contributed by atoms with Gasteiger partial charge in [0.05, 0.1) is 5.82 Å². The van der Waals surface area contributed by atoms with Crippen LogP contribution in [0.3, 0.4) is 0 Å². The summed E-state index contributed by atoms with van der Waals surface area (Å²) in [6.07, 6.45) is 0. The van der Waals surface area contributed by atoms with Crippen LogP contribution in [0.1, 0.15) is 0 Å². The molecule has 0 aromatic carbocycles. The Morgan fingerprint density at radius 1 is 1.78 bits per heavy atom. The van der Waals surface area contributed by atoms with E-state index >= 15 is 0 Å². The fourth-order valence-electron chi connectivity index (χ4n) is 0.238. The summed E-state index contributed by atoms with van der Waals surface area (Å²) in [5.74, 6) is 0.674. The van der Waals surface area contributed by atoms with Gasteiger partial charge in [0.2, 0.25) is 5.96 Å². The lowest BCUT2D eigenvalue weighted by Crippen LogP contribution is -2.34. The summed E-state index contributed by atoms with van der Waals surface area (Å²) in [4.78, 5) is 0. The number of hydrogen-bond acceptors (Lipinski definition) is 2. The van der Waals surface area contributed by atoms with Gasteiger partial charge in [-0.05, 0) is 0 Å². The van der Waals surface area contributed by atoms with Gasteiger partial charge in [0.25, 0.3) is 0 Å². The van der Waals surface area contributed by atoms with Crippen LogP contribution in [-0.4, -0.2) is 13.0 Å². The van der Waals surface area contributed by atoms with E-state index in [1.54, 1.807) is 7.05 Å². The minimum Gasteiger partial charge on any atom is -0.375 e. The molecule has 0 atom stereocenters. The first-order valence-corrected chi connectivity index (χ1v) is 2.62. The second kappa shape index (κ2) is 4.03. The quantitative estimate of drug-likeness (QED) is 0.373. The monoisotopic (exact) mass is 148 g/mol. The highest BCUT2D eigenvalue weighted by molar-refractivity contribution is 6.19. The first-order valence-electron chi connectivity index (χ1n) is 2.28. The van der Waals surface area contributed by atoms with Crippen LogP contribution in [-0.2, 0) is 0 Å². The van der Waals surface area contributed by atoms with Crippen molar-refractivity contribution in [1.82, 2.24) is 10.6 Å². The molecule has 0 aliphatic rings. The molecule has 0 aliphatic heterocycles. The molecule has 5 heteroatoms. The Kier molecular flexibility index (Phi) is 3.62. The molecule has 0 rings (SSSR count). The van der Waals surface area contributed by atoms with Crippen molar-refractivity contribution in [3.63, 3.8) is 0 Å². The Hall–Kier alpha value is -0.900. The van der Waals surface area contributed by atoms with Gasteiger partial charge in [-0.2, -0.15) is 0 Å². The molecule has 0 bridgehead atoms. The Morgan fingerprint density at radius 3 is 2.67 bits per heavy atom. The third-order valence-corrected chi connectivity index (χ3v) is 0.854. The van der Waals surface area contributed by atoms with Crippen molar-refractivity contribution in [3.8, 4) is 0 Å². The van der Waals surface area contributed by atoms with Crippen molar-refractivity contribution >= 4 is 17.7 Å². The fraction of sp³-hybridized carbons (Fsp3) is 0.250. The lowest BCUT2D eigenvalue weighted by Gasteiger charge is -2.04. The van der Waals surface area contributed by atoms with Gasteiger partial charge >= 0.3 is 0 Å². The van der Waals surface area contributed by atoms with Crippen LogP contribution in [0.5, 0.6) is 0 Å². The van der Waals surface area contributed by atoms with Gasteiger partial charge in [0, 0.05) is 18.8 Å². The van der Waals surface area contributed by atoms with E-state index in [1.807, 2.05) is 0 Å². The summed E-state index contributed by atoms with van der Waals surface area (Å²) in [5, 5.41) is 5.27. The summed E-state index contributed by atoms with van der Waals surface area (Å²) in [7, 11) is 1.71. The summed E-state index contributed by atoms with van der Waals surface area (Å²) in [6.45, 7) is 3.52. The number of hydrogen-bond donors (Lipinski definition) is 3. The second-order valence-corrected chi connectivity index (χ2v) is 1.49. The van der Waals surface area contributed by atoms with Gasteiger partial charge in [-0.1, -0.05) is 6.58 Å². The third-order valence-electron chi connectivity index (χ3n) is 0.672. The molecule has 0 amide bonds. The highest BCUT2D eigenvalue weighted by atomic mass is 35.5. The number of nitrogens with one attached hydrogen (secondary N) is 2. The largest absolute Gasteiger partial charge is 0.375 e. The normalized spacial score (nSPS) is 10.7. The van der Waals surface area contributed by atoms with Crippen molar-refractivity contribution in [2.75, 3.05) is 7.05 Å². The van der Waals surface area contributed by atoms with E-state index in [0.717, 1.165) is 0 Å². The molecule has 0 saturated heterocycles. The summed E-state index contributed by atoms with van der Waals surface area (Å²) >= 11 is 4.98. The van der Waals surface area contributed by atoms with Crippen LogP contribution in [0.25, 0.3) is 0 Å². The SMILES string of the molecule is C=C(NC)N/C(N)=N/Cl. The maximum Gasteiger partial charge on any atom is 0.211 e. The van der Waals surface area contributed by atoms with Gasteiger partial charge in [-0.15, -0.1) is 4.51 Å². The topological polar surface area (TPSA) is 62.4 Å². The Balaban J connectivity index is 3.60. The minimum absolute atomic E-state index is 0.121. The number of nitrogens with zero attached hydrogens (tertiary/aromatic N) is 1. The number of rotatable bonds is 2. The molecule has 9 heavy (non-hydrogen) atoms. The van der Waals surface area contributed by atoms with E-state index in [0.29, 0.717) is 5.82 Å². The van der Waals surface area contributed by atoms with E-state index < -0.39 is 0 Å². The van der Waals surface area contributed by atoms with E-state index in [2.05, 4.69) is 21.7 Å². The lowest BCUT2D eigenvalue weighted by atomic mass is 10.7. The van der Waals surface area contributed by atoms with Crippen molar-refractivity contribution < 1.29 is 0 Å². The minimum atomic E-state index is 0.121. The molecule has 52 valence electrons. The van der Waals surface area contributed by atoms with Gasteiger partial charge < -0.3 is 16.4 Å². The molecular weight excluding hydrogens is 140 g/mol. The third kappa shape index (κ3) is 3.66. The molecule has 4 nitrogen and oxygen atoms in total. The predicted molar refractivity (Wildman–Crippen MR) is 38.8 cm³/mol. The molecule has 0 aromatic heterocycles. The average molecular weight is 149 g/mol.